The van der Waals surface area contributed by atoms with Crippen LogP contribution >= 0.6 is 0 Å². The fraction of sp³-hybridized carbons (Fsp3) is 0.368. The summed E-state index contributed by atoms with van der Waals surface area (Å²) in [6.45, 7) is 0.236. The van der Waals surface area contributed by atoms with Gasteiger partial charge in [-0.2, -0.15) is 0 Å². The molecule has 0 aromatic heterocycles. The van der Waals surface area contributed by atoms with Crippen molar-refractivity contribution in [1.82, 2.24) is 5.32 Å². The maximum absolute atomic E-state index is 13.9. The van der Waals surface area contributed by atoms with Gasteiger partial charge < -0.3 is 54.5 Å². The second kappa shape index (κ2) is 14.9. The number of fused-ring (bicyclic) bond motifs is 3. The second-order valence-electron chi connectivity index (χ2n) is 12.9. The normalized spacial score (nSPS) is 24.6. The van der Waals surface area contributed by atoms with Crippen molar-refractivity contribution < 1.29 is 68.4 Å². The minimum Gasteiger partial charge on any atom is -0.507 e. The molecule has 6 atom stereocenters. The lowest BCUT2D eigenvalue weighted by molar-refractivity contribution is -0.249. The lowest BCUT2D eigenvalue weighted by Crippen LogP contribution is -2.56. The van der Waals surface area contributed by atoms with Crippen molar-refractivity contribution in [3.63, 3.8) is 0 Å². The van der Waals surface area contributed by atoms with Crippen LogP contribution < -0.4 is 14.8 Å². The first-order valence-electron chi connectivity index (χ1n) is 16.6. The lowest BCUT2D eigenvalue weighted by Gasteiger charge is -2.42. The van der Waals surface area contributed by atoms with Gasteiger partial charge in [-0.3, -0.25) is 14.4 Å². The lowest BCUT2D eigenvalue weighted by atomic mass is 9.72. The number of hydrogen-bond acceptors (Lipinski definition) is 14. The van der Waals surface area contributed by atoms with E-state index >= 15 is 0 Å². The number of phenolic OH excluding ortho intramolecular Hbond substituents is 2. The molecule has 15 nitrogen and oxygen atoms in total. The highest BCUT2D eigenvalue weighted by Gasteiger charge is 2.50. The van der Waals surface area contributed by atoms with Gasteiger partial charge in [-0.05, 0) is 19.1 Å². The van der Waals surface area contributed by atoms with Crippen molar-refractivity contribution in [3.8, 4) is 35.3 Å². The standard InChI is InChI=1S/C38H37NO14/c1-4-12-50-23-10-6-5-8-19(23)17-51-37(47)39-22-13-27(52-18(2)32(22)42)53-25-15-38(48,26(41)16-40)14-21-29(25)36(46)31-30(34(21)44)33(43)20-9-7-11-24(49-3)28(20)35(31)45/h1,5-11,18,22,25,27,32,40,42,44,46,48H,12-17H2,2-3H3,(H,39,47)/t18-,22-,25-,27?,32+,38-/m0/s1. The number of hydrogen-bond donors (Lipinski definition) is 6. The third kappa shape index (κ3) is 6.78. The van der Waals surface area contributed by atoms with Crippen LogP contribution in [0.25, 0.3) is 0 Å². The molecule has 0 saturated carbocycles. The summed E-state index contributed by atoms with van der Waals surface area (Å²) in [5, 5.41) is 58.0. The van der Waals surface area contributed by atoms with Crippen molar-refractivity contribution >= 4 is 23.4 Å². The molecule has 53 heavy (non-hydrogen) atoms. The molecule has 0 bridgehead atoms. The number of rotatable bonds is 10. The average molecular weight is 732 g/mol. The molecule has 1 unspecified atom stereocenters. The van der Waals surface area contributed by atoms with Crippen molar-refractivity contribution in [3.05, 3.63) is 81.4 Å². The van der Waals surface area contributed by atoms with Crippen molar-refractivity contribution in [2.24, 2.45) is 0 Å². The summed E-state index contributed by atoms with van der Waals surface area (Å²) in [5.74, 6) is -1.34. The zero-order valence-electron chi connectivity index (χ0n) is 28.7. The highest BCUT2D eigenvalue weighted by atomic mass is 16.7. The van der Waals surface area contributed by atoms with E-state index in [1.54, 1.807) is 24.3 Å². The summed E-state index contributed by atoms with van der Waals surface area (Å²) in [7, 11) is 1.30. The second-order valence-corrected chi connectivity index (χ2v) is 12.9. The van der Waals surface area contributed by atoms with Gasteiger partial charge in [0, 0.05) is 41.5 Å². The minimum absolute atomic E-state index is 0.00475. The summed E-state index contributed by atoms with van der Waals surface area (Å²) >= 11 is 0. The van der Waals surface area contributed by atoms with Crippen LogP contribution in [0.15, 0.2) is 42.5 Å². The molecule has 0 spiro atoms. The Labute approximate surface area is 303 Å². The van der Waals surface area contributed by atoms with E-state index < -0.39 is 102 Å². The molecule has 0 radical (unpaired) electrons. The van der Waals surface area contributed by atoms with Crippen LogP contribution in [-0.2, 0) is 32.0 Å². The smallest absolute Gasteiger partial charge is 0.407 e. The molecule has 3 aliphatic rings. The molecular formula is C38H37NO14. The van der Waals surface area contributed by atoms with Gasteiger partial charge in [0.05, 0.1) is 42.0 Å². The summed E-state index contributed by atoms with van der Waals surface area (Å²) in [6, 6.07) is 10.1. The highest BCUT2D eigenvalue weighted by molar-refractivity contribution is 6.31. The molecule has 2 aliphatic carbocycles. The zero-order chi connectivity index (χ0) is 38.2. The Hall–Kier alpha value is -5.50. The van der Waals surface area contributed by atoms with Gasteiger partial charge in [0.2, 0.25) is 5.78 Å². The number of ketones is 3. The largest absolute Gasteiger partial charge is 0.507 e. The first-order valence-corrected chi connectivity index (χ1v) is 16.6. The molecule has 1 saturated heterocycles. The van der Waals surface area contributed by atoms with Crippen molar-refractivity contribution in [2.75, 3.05) is 20.3 Å². The van der Waals surface area contributed by atoms with E-state index in [0.717, 1.165) is 0 Å². The number of terminal acetylenes is 1. The maximum Gasteiger partial charge on any atom is 0.407 e. The Balaban J connectivity index is 1.30. The first-order chi connectivity index (χ1) is 25.3. The topological polar surface area (TPSA) is 228 Å². The number of aromatic hydroxyl groups is 2. The molecule has 1 aliphatic heterocycles. The molecule has 1 amide bonds. The summed E-state index contributed by atoms with van der Waals surface area (Å²) in [6.07, 6.45) is -2.02. The molecule has 15 heteroatoms. The number of phenols is 2. The molecule has 1 fully saturated rings. The van der Waals surface area contributed by atoms with E-state index in [2.05, 4.69) is 11.2 Å². The number of aliphatic hydroxyl groups is 3. The molecule has 3 aromatic rings. The number of carbonyl (C=O) groups is 4. The summed E-state index contributed by atoms with van der Waals surface area (Å²) in [4.78, 5) is 53.4. The van der Waals surface area contributed by atoms with Crippen LogP contribution in [0, 0.1) is 12.3 Å². The van der Waals surface area contributed by atoms with E-state index in [0.29, 0.717) is 11.3 Å². The van der Waals surface area contributed by atoms with E-state index in [4.69, 9.17) is 30.1 Å². The minimum atomic E-state index is -2.35. The molecule has 1 heterocycles. The van der Waals surface area contributed by atoms with Crippen LogP contribution in [0.5, 0.6) is 23.0 Å². The van der Waals surface area contributed by atoms with E-state index in [1.165, 1.54) is 32.2 Å². The predicted molar refractivity (Wildman–Crippen MR) is 182 cm³/mol. The van der Waals surface area contributed by atoms with Crippen LogP contribution in [-0.4, -0.2) is 99.4 Å². The van der Waals surface area contributed by atoms with E-state index in [9.17, 15) is 44.7 Å². The first kappa shape index (κ1) is 37.3. The molecule has 3 aromatic carbocycles. The third-order valence-electron chi connectivity index (χ3n) is 9.71. The van der Waals surface area contributed by atoms with Crippen molar-refractivity contribution in [2.45, 2.75) is 69.0 Å². The molecule has 6 rings (SSSR count). The Morgan fingerprint density at radius 1 is 1.04 bits per heavy atom. The monoisotopic (exact) mass is 731 g/mol. The predicted octanol–water partition coefficient (Wildman–Crippen LogP) is 1.98. The Morgan fingerprint density at radius 3 is 2.47 bits per heavy atom. The highest BCUT2D eigenvalue weighted by Crippen LogP contribution is 2.52. The van der Waals surface area contributed by atoms with Gasteiger partial charge in [-0.1, -0.05) is 36.3 Å². The van der Waals surface area contributed by atoms with Gasteiger partial charge in [-0.25, -0.2) is 4.79 Å². The summed E-state index contributed by atoms with van der Waals surface area (Å²) < 4.78 is 28.3. The molecular weight excluding hydrogens is 694 g/mol. The van der Waals surface area contributed by atoms with E-state index in [-0.39, 0.29) is 47.6 Å². The quantitative estimate of drug-likeness (QED) is 0.101. The number of carbonyl (C=O) groups excluding carboxylic acids is 4. The van der Waals surface area contributed by atoms with Gasteiger partial charge in [0.15, 0.2) is 17.9 Å². The Kier molecular flexibility index (Phi) is 10.4. The van der Waals surface area contributed by atoms with Gasteiger partial charge >= 0.3 is 6.09 Å². The number of aliphatic hydroxyl groups excluding tert-OH is 2. The zero-order valence-corrected chi connectivity index (χ0v) is 28.7. The van der Waals surface area contributed by atoms with Crippen LogP contribution in [0.1, 0.15) is 74.4 Å². The number of benzene rings is 3. The number of methoxy groups -OCH3 is 1. The van der Waals surface area contributed by atoms with Gasteiger partial charge in [-0.15, -0.1) is 6.42 Å². The van der Waals surface area contributed by atoms with Crippen LogP contribution in [0.4, 0.5) is 4.79 Å². The number of nitrogens with one attached hydrogen (secondary N) is 1. The summed E-state index contributed by atoms with van der Waals surface area (Å²) in [5.41, 5.74) is -3.57. The van der Waals surface area contributed by atoms with Gasteiger partial charge in [0.1, 0.15) is 54.5 Å². The Morgan fingerprint density at radius 2 is 1.75 bits per heavy atom. The maximum atomic E-state index is 13.9. The fourth-order valence-corrected chi connectivity index (χ4v) is 7.08. The number of para-hydroxylation sites is 1. The number of alkyl carbamates (subject to hydrolysis) is 1. The number of Topliss-reactive ketones (excluding diaryl/α,β-unsaturated/α-hetero) is 1. The van der Waals surface area contributed by atoms with Crippen LogP contribution in [0.3, 0.4) is 0 Å². The van der Waals surface area contributed by atoms with E-state index in [1.807, 2.05) is 0 Å². The molecule has 278 valence electrons. The number of ether oxygens (including phenoxy) is 5. The number of amides is 1. The molecule has 6 N–H and O–H groups in total. The van der Waals surface area contributed by atoms with Crippen LogP contribution in [0.2, 0.25) is 0 Å². The Bertz CT molecular complexity index is 2020. The average Bonchev–Trinajstić information content (AvgIpc) is 3.14. The van der Waals surface area contributed by atoms with Gasteiger partial charge in [0.25, 0.3) is 0 Å². The third-order valence-corrected chi connectivity index (χ3v) is 9.71. The van der Waals surface area contributed by atoms with Crippen molar-refractivity contribution in [1.29, 1.82) is 0 Å². The SMILES string of the molecule is C#CCOc1ccccc1COC(=O)N[C@H]1CC(O[C@H]2C[C@](O)(C(=O)CO)Cc3c(O)c4c(c(O)c32)C(=O)c2c(OC)cccc2C4=O)O[C@@H](C)[C@H]1O. The fourth-order valence-electron chi connectivity index (χ4n) is 7.08.